The van der Waals surface area contributed by atoms with Crippen molar-refractivity contribution in [3.8, 4) is 11.3 Å². The molecule has 108 valence electrons. The number of nitrogens with one attached hydrogen (secondary N) is 1. The highest BCUT2D eigenvalue weighted by molar-refractivity contribution is 5.90. The van der Waals surface area contributed by atoms with Crippen LogP contribution in [0.1, 0.15) is 13.8 Å². The molecule has 0 aliphatic heterocycles. The number of fused-ring (bicyclic) bond motifs is 1. The van der Waals surface area contributed by atoms with Crippen molar-refractivity contribution in [1.29, 1.82) is 0 Å². The Balaban J connectivity index is 1.93. The van der Waals surface area contributed by atoms with E-state index in [2.05, 4.69) is 20.2 Å². The molecule has 3 aromatic rings. The van der Waals surface area contributed by atoms with Crippen LogP contribution in [0.25, 0.3) is 22.3 Å². The fourth-order valence-corrected chi connectivity index (χ4v) is 2.02. The molecule has 3 rings (SSSR count). The number of nitrogens with zero attached hydrogens (tertiary/aromatic N) is 4. The average Bonchev–Trinajstić information content (AvgIpc) is 3.13. The molecular formula is C14H15N5O2. The van der Waals surface area contributed by atoms with E-state index in [1.165, 1.54) is 6.33 Å². The Morgan fingerprint density at radius 3 is 3.00 bits per heavy atom. The number of rotatable bonds is 4. The maximum absolute atomic E-state index is 11.5. The molecule has 3 aromatic heterocycles. The highest BCUT2D eigenvalue weighted by Gasteiger charge is 2.13. The van der Waals surface area contributed by atoms with Crippen LogP contribution < -0.4 is 0 Å². The molecule has 3 heterocycles. The Hall–Kier alpha value is -2.70. The van der Waals surface area contributed by atoms with E-state index in [0.29, 0.717) is 0 Å². The molecule has 0 spiro atoms. The lowest BCUT2D eigenvalue weighted by molar-refractivity contribution is -0.151. The van der Waals surface area contributed by atoms with Gasteiger partial charge in [-0.2, -0.15) is 5.10 Å². The molecule has 7 heteroatoms. The Morgan fingerprint density at radius 1 is 1.43 bits per heavy atom. The lowest BCUT2D eigenvalue weighted by Crippen LogP contribution is -2.14. The lowest BCUT2D eigenvalue weighted by Gasteiger charge is -2.08. The number of esters is 1. The highest BCUT2D eigenvalue weighted by atomic mass is 16.5. The number of H-pyrrole nitrogens is 1. The Kier molecular flexibility index (Phi) is 3.39. The maximum atomic E-state index is 11.5. The maximum Gasteiger partial charge on any atom is 0.310 e. The van der Waals surface area contributed by atoms with Crippen molar-refractivity contribution >= 4 is 17.0 Å². The number of hydrogen-bond donors (Lipinski definition) is 1. The zero-order valence-electron chi connectivity index (χ0n) is 11.8. The van der Waals surface area contributed by atoms with Crippen LogP contribution in [0.5, 0.6) is 0 Å². The number of aromatic nitrogens is 5. The van der Waals surface area contributed by atoms with Gasteiger partial charge in [0, 0.05) is 23.3 Å². The van der Waals surface area contributed by atoms with Crippen molar-refractivity contribution in [3.05, 3.63) is 31.0 Å². The number of carbonyl (C=O) groups is 1. The second-order valence-corrected chi connectivity index (χ2v) is 4.98. The summed E-state index contributed by atoms with van der Waals surface area (Å²) in [4.78, 5) is 20.1. The molecule has 1 N–H and O–H groups in total. The van der Waals surface area contributed by atoms with E-state index in [1.54, 1.807) is 30.8 Å². The molecule has 7 nitrogen and oxygen atoms in total. The minimum Gasteiger partial charge on any atom is -0.444 e. The fourth-order valence-electron chi connectivity index (χ4n) is 2.02. The van der Waals surface area contributed by atoms with E-state index in [1.807, 2.05) is 12.3 Å². The van der Waals surface area contributed by atoms with Crippen molar-refractivity contribution in [2.45, 2.75) is 20.6 Å². The zero-order valence-corrected chi connectivity index (χ0v) is 11.8. The van der Waals surface area contributed by atoms with Crippen LogP contribution >= 0.6 is 0 Å². The van der Waals surface area contributed by atoms with Gasteiger partial charge in [0.15, 0.2) is 6.73 Å². The summed E-state index contributed by atoms with van der Waals surface area (Å²) in [6.45, 7) is 3.74. The third kappa shape index (κ3) is 2.49. The highest BCUT2D eigenvalue weighted by Crippen LogP contribution is 2.25. The molecule has 0 aliphatic carbocycles. The number of ether oxygens (including phenoxy) is 1. The van der Waals surface area contributed by atoms with Crippen LogP contribution in [-0.4, -0.2) is 30.7 Å². The van der Waals surface area contributed by atoms with E-state index < -0.39 is 0 Å². The van der Waals surface area contributed by atoms with Gasteiger partial charge in [0.1, 0.15) is 12.0 Å². The minimum absolute atomic E-state index is 0.141. The summed E-state index contributed by atoms with van der Waals surface area (Å²) >= 11 is 0. The Labute approximate surface area is 121 Å². The molecule has 21 heavy (non-hydrogen) atoms. The third-order valence-corrected chi connectivity index (χ3v) is 3.15. The first kappa shape index (κ1) is 13.3. The van der Waals surface area contributed by atoms with E-state index in [0.717, 1.165) is 22.3 Å². The van der Waals surface area contributed by atoms with Gasteiger partial charge in [-0.1, -0.05) is 13.8 Å². The van der Waals surface area contributed by atoms with E-state index in [4.69, 9.17) is 4.74 Å². The van der Waals surface area contributed by atoms with Crippen LogP contribution in [0.2, 0.25) is 0 Å². The third-order valence-electron chi connectivity index (χ3n) is 3.15. The van der Waals surface area contributed by atoms with Gasteiger partial charge >= 0.3 is 5.97 Å². The van der Waals surface area contributed by atoms with E-state index in [-0.39, 0.29) is 18.6 Å². The minimum atomic E-state index is -0.235. The summed E-state index contributed by atoms with van der Waals surface area (Å²) in [5, 5.41) is 7.58. The predicted octanol–water partition coefficient (Wildman–Crippen LogP) is 1.98. The molecule has 0 atom stereocenters. The molecule has 0 saturated heterocycles. The first-order valence-electron chi connectivity index (χ1n) is 6.62. The smallest absolute Gasteiger partial charge is 0.310 e. The normalized spacial score (nSPS) is 11.2. The van der Waals surface area contributed by atoms with Gasteiger partial charge in [-0.25, -0.2) is 9.97 Å². The van der Waals surface area contributed by atoms with Crippen molar-refractivity contribution < 1.29 is 9.53 Å². The van der Waals surface area contributed by atoms with Gasteiger partial charge in [0.25, 0.3) is 0 Å². The zero-order chi connectivity index (χ0) is 14.8. The number of hydrogen-bond acceptors (Lipinski definition) is 5. The van der Waals surface area contributed by atoms with Gasteiger partial charge in [-0.15, -0.1) is 0 Å². The first-order valence-corrected chi connectivity index (χ1v) is 6.62. The van der Waals surface area contributed by atoms with Crippen molar-refractivity contribution in [3.63, 3.8) is 0 Å². The van der Waals surface area contributed by atoms with Crippen LogP contribution in [0, 0.1) is 5.92 Å². The topological polar surface area (TPSA) is 85.7 Å². The quantitative estimate of drug-likeness (QED) is 0.741. The number of carbonyl (C=O) groups excluding carboxylic acids is 1. The summed E-state index contributed by atoms with van der Waals surface area (Å²) < 4.78 is 7.01. The van der Waals surface area contributed by atoms with Crippen LogP contribution in [0.4, 0.5) is 0 Å². The monoisotopic (exact) mass is 285 g/mol. The largest absolute Gasteiger partial charge is 0.444 e. The van der Waals surface area contributed by atoms with Crippen LogP contribution in [0.3, 0.4) is 0 Å². The second kappa shape index (κ2) is 5.35. The molecule has 0 saturated carbocycles. The molecule has 0 fully saturated rings. The standard InChI is InChI=1S/C14H15N5O2/c1-9(2)14(20)21-8-19-4-3-11-12(10-5-17-18-6-10)15-7-16-13(11)19/h3-7,9H,8H2,1-2H3,(H,17,18). The van der Waals surface area contributed by atoms with Crippen molar-refractivity contribution in [1.82, 2.24) is 24.7 Å². The molecule has 0 aromatic carbocycles. The summed E-state index contributed by atoms with van der Waals surface area (Å²) in [7, 11) is 0. The van der Waals surface area contributed by atoms with Crippen molar-refractivity contribution in [2.75, 3.05) is 0 Å². The predicted molar refractivity (Wildman–Crippen MR) is 76.0 cm³/mol. The second-order valence-electron chi connectivity index (χ2n) is 4.98. The summed E-state index contributed by atoms with van der Waals surface area (Å²) in [6.07, 6.45) is 6.80. The number of aromatic amines is 1. The van der Waals surface area contributed by atoms with E-state index in [9.17, 15) is 4.79 Å². The summed E-state index contributed by atoms with van der Waals surface area (Å²) in [5.41, 5.74) is 2.40. The van der Waals surface area contributed by atoms with Crippen LogP contribution in [0.15, 0.2) is 31.0 Å². The van der Waals surface area contributed by atoms with Gasteiger partial charge in [0.2, 0.25) is 0 Å². The Morgan fingerprint density at radius 2 is 2.29 bits per heavy atom. The van der Waals surface area contributed by atoms with Gasteiger partial charge < -0.3 is 4.74 Å². The van der Waals surface area contributed by atoms with Gasteiger partial charge in [-0.3, -0.25) is 14.5 Å². The Bertz CT molecular complexity index is 761. The molecule has 0 unspecified atom stereocenters. The summed E-state index contributed by atoms with van der Waals surface area (Å²) in [6, 6.07) is 1.90. The fraction of sp³-hybridized carbons (Fsp3) is 0.286. The molecule has 0 aliphatic rings. The van der Waals surface area contributed by atoms with E-state index >= 15 is 0 Å². The average molecular weight is 285 g/mol. The molecule has 0 bridgehead atoms. The molecular weight excluding hydrogens is 270 g/mol. The van der Waals surface area contributed by atoms with Crippen LogP contribution in [-0.2, 0) is 16.3 Å². The first-order chi connectivity index (χ1) is 10.2. The van der Waals surface area contributed by atoms with Gasteiger partial charge in [0.05, 0.1) is 17.8 Å². The van der Waals surface area contributed by atoms with Crippen molar-refractivity contribution in [2.24, 2.45) is 5.92 Å². The van der Waals surface area contributed by atoms with Gasteiger partial charge in [-0.05, 0) is 6.07 Å². The molecule has 0 radical (unpaired) electrons. The lowest BCUT2D eigenvalue weighted by atomic mass is 10.2. The summed E-state index contributed by atoms with van der Waals surface area (Å²) in [5.74, 6) is -0.385. The SMILES string of the molecule is CC(C)C(=O)OCn1ccc2c(-c3cn[nH]c3)ncnc21. The molecule has 0 amide bonds.